The average molecular weight is 392 g/mol. The number of carbonyl (C=O) groups excluding carboxylic acids is 3. The summed E-state index contributed by atoms with van der Waals surface area (Å²) in [5.41, 5.74) is 1.70. The smallest absolute Gasteiger partial charge is 0.332 e. The van der Waals surface area contributed by atoms with Gasteiger partial charge in [-0.05, 0) is 49.4 Å². The predicted octanol–water partition coefficient (Wildman–Crippen LogP) is 2.50. The number of piperidine rings is 1. The van der Waals surface area contributed by atoms with E-state index in [0.29, 0.717) is 0 Å². The SMILES string of the molecule is Cc1ccc2cc3c(nc2c1)N1CCCC[C@H]1C1(C3)C(=O)N(C)C(=O)N(C)C1=O. The first-order valence-electron chi connectivity index (χ1n) is 10.1. The van der Waals surface area contributed by atoms with E-state index < -0.39 is 23.3 Å². The molecule has 29 heavy (non-hydrogen) atoms. The van der Waals surface area contributed by atoms with Crippen molar-refractivity contribution < 1.29 is 14.4 Å². The second-order valence-corrected chi connectivity index (χ2v) is 8.53. The van der Waals surface area contributed by atoms with Crippen LogP contribution in [0.2, 0.25) is 0 Å². The van der Waals surface area contributed by atoms with Crippen LogP contribution in [0.5, 0.6) is 0 Å². The maximum Gasteiger partial charge on any atom is 0.332 e. The van der Waals surface area contributed by atoms with Gasteiger partial charge in [-0.25, -0.2) is 9.78 Å². The molecule has 1 spiro atoms. The van der Waals surface area contributed by atoms with Crippen LogP contribution in [0.3, 0.4) is 0 Å². The zero-order valence-corrected chi connectivity index (χ0v) is 16.9. The third kappa shape index (κ3) is 2.30. The normalized spacial score (nSPS) is 23.6. The van der Waals surface area contributed by atoms with Crippen molar-refractivity contribution in [2.75, 3.05) is 25.5 Å². The Morgan fingerprint density at radius 2 is 1.76 bits per heavy atom. The van der Waals surface area contributed by atoms with Crippen LogP contribution in [0.1, 0.15) is 30.4 Å². The van der Waals surface area contributed by atoms with Crippen LogP contribution in [0, 0.1) is 12.3 Å². The third-order valence-electron chi connectivity index (χ3n) is 6.79. The van der Waals surface area contributed by atoms with Gasteiger partial charge in [-0.1, -0.05) is 12.1 Å². The van der Waals surface area contributed by atoms with Gasteiger partial charge >= 0.3 is 6.03 Å². The fourth-order valence-electron chi connectivity index (χ4n) is 5.33. The Hall–Kier alpha value is -2.96. The second-order valence-electron chi connectivity index (χ2n) is 8.53. The maximum atomic E-state index is 13.5. The van der Waals surface area contributed by atoms with Crippen molar-refractivity contribution in [1.29, 1.82) is 0 Å². The fraction of sp³-hybridized carbons (Fsp3) is 0.455. The number of hydrogen-bond acceptors (Lipinski definition) is 5. The second kappa shape index (κ2) is 6.02. The number of amides is 4. The standard InChI is InChI=1S/C22H24N4O3/c1-13-7-8-14-11-15-12-22(19(27)24(2)21(29)25(3)20(22)28)17-6-4-5-9-26(17)18(15)23-16(14)10-13/h7-8,10-11,17H,4-6,9,12H2,1-3H3/t17-/m0/s1. The van der Waals surface area contributed by atoms with Crippen molar-refractivity contribution in [2.24, 2.45) is 5.41 Å². The molecule has 0 radical (unpaired) electrons. The number of rotatable bonds is 0. The van der Waals surface area contributed by atoms with Crippen LogP contribution in [-0.4, -0.2) is 59.3 Å². The summed E-state index contributed by atoms with van der Waals surface area (Å²) in [4.78, 5) is 48.6. The highest BCUT2D eigenvalue weighted by Gasteiger charge is 2.63. The zero-order chi connectivity index (χ0) is 20.5. The molecular weight excluding hydrogens is 368 g/mol. The summed E-state index contributed by atoms with van der Waals surface area (Å²) in [5, 5.41) is 0.994. The summed E-state index contributed by atoms with van der Waals surface area (Å²) >= 11 is 0. The lowest BCUT2D eigenvalue weighted by Gasteiger charge is -2.54. The predicted molar refractivity (Wildman–Crippen MR) is 109 cm³/mol. The highest BCUT2D eigenvalue weighted by atomic mass is 16.2. The van der Waals surface area contributed by atoms with Crippen molar-refractivity contribution >= 4 is 34.6 Å². The Morgan fingerprint density at radius 1 is 1.03 bits per heavy atom. The summed E-state index contributed by atoms with van der Waals surface area (Å²) in [5.74, 6) is 0.0931. The number of carbonyl (C=O) groups is 3. The largest absolute Gasteiger partial charge is 0.352 e. The number of anilines is 1. The van der Waals surface area contributed by atoms with Gasteiger partial charge in [0.05, 0.1) is 11.6 Å². The molecule has 4 amide bonds. The lowest BCUT2D eigenvalue weighted by Crippen LogP contribution is -2.72. The molecule has 0 bridgehead atoms. The quantitative estimate of drug-likeness (QED) is 0.644. The molecule has 7 nitrogen and oxygen atoms in total. The molecule has 0 aliphatic carbocycles. The van der Waals surface area contributed by atoms with Crippen molar-refractivity contribution in [3.63, 3.8) is 0 Å². The van der Waals surface area contributed by atoms with Crippen LogP contribution in [-0.2, 0) is 16.0 Å². The van der Waals surface area contributed by atoms with E-state index in [9.17, 15) is 14.4 Å². The number of aromatic nitrogens is 1. The minimum atomic E-state index is -1.27. The molecule has 2 aromatic rings. The molecule has 7 heteroatoms. The molecule has 0 N–H and O–H groups in total. The molecule has 0 unspecified atom stereocenters. The first-order valence-corrected chi connectivity index (χ1v) is 10.1. The van der Waals surface area contributed by atoms with Crippen molar-refractivity contribution in [3.8, 4) is 0 Å². The monoisotopic (exact) mass is 392 g/mol. The number of benzene rings is 1. The molecule has 2 fully saturated rings. The van der Waals surface area contributed by atoms with E-state index in [1.165, 1.54) is 14.1 Å². The Morgan fingerprint density at radius 3 is 2.48 bits per heavy atom. The molecule has 1 aromatic carbocycles. The van der Waals surface area contributed by atoms with Gasteiger partial charge in [-0.2, -0.15) is 0 Å². The van der Waals surface area contributed by atoms with E-state index in [2.05, 4.69) is 17.0 Å². The number of fused-ring (bicyclic) bond motifs is 5. The van der Waals surface area contributed by atoms with E-state index in [4.69, 9.17) is 4.98 Å². The van der Waals surface area contributed by atoms with Gasteiger partial charge in [-0.3, -0.25) is 19.4 Å². The molecular formula is C22H24N4O3. The summed E-state index contributed by atoms with van der Waals surface area (Å²) in [6.07, 6.45) is 2.96. The van der Waals surface area contributed by atoms with Crippen LogP contribution < -0.4 is 4.90 Å². The number of aryl methyl sites for hydroxylation is 1. The number of barbiturate groups is 1. The molecule has 4 heterocycles. The molecule has 2 saturated heterocycles. The van der Waals surface area contributed by atoms with Crippen molar-refractivity contribution in [2.45, 2.75) is 38.6 Å². The highest BCUT2D eigenvalue weighted by Crippen LogP contribution is 2.48. The molecule has 0 saturated carbocycles. The summed E-state index contributed by atoms with van der Waals surface area (Å²) < 4.78 is 0. The van der Waals surface area contributed by atoms with Gasteiger partial charge in [0.25, 0.3) is 0 Å². The molecule has 1 atom stereocenters. The Labute approximate surface area is 169 Å². The van der Waals surface area contributed by atoms with Crippen LogP contribution in [0.4, 0.5) is 10.6 Å². The van der Waals surface area contributed by atoms with Gasteiger partial charge in [0.2, 0.25) is 11.8 Å². The first-order chi connectivity index (χ1) is 13.8. The summed E-state index contributed by atoms with van der Waals surface area (Å²) in [6.45, 7) is 2.80. The fourth-order valence-corrected chi connectivity index (χ4v) is 5.33. The lowest BCUT2D eigenvalue weighted by atomic mass is 9.66. The highest BCUT2D eigenvalue weighted by molar-refractivity contribution is 6.20. The number of urea groups is 1. The average Bonchev–Trinajstić information content (AvgIpc) is 2.74. The number of nitrogens with zero attached hydrogens (tertiary/aromatic N) is 4. The molecule has 5 rings (SSSR count). The molecule has 150 valence electrons. The number of hydrogen-bond donors (Lipinski definition) is 0. The topological polar surface area (TPSA) is 73.8 Å². The first kappa shape index (κ1) is 18.1. The Kier molecular flexibility index (Phi) is 3.75. The van der Waals surface area contributed by atoms with Gasteiger partial charge in [0, 0.05) is 32.4 Å². The van der Waals surface area contributed by atoms with Gasteiger partial charge in [0.1, 0.15) is 5.82 Å². The Balaban J connectivity index is 1.74. The zero-order valence-electron chi connectivity index (χ0n) is 16.9. The molecule has 3 aliphatic heterocycles. The van der Waals surface area contributed by atoms with Gasteiger partial charge in [-0.15, -0.1) is 0 Å². The van der Waals surface area contributed by atoms with E-state index in [0.717, 1.165) is 63.5 Å². The minimum absolute atomic E-state index is 0.278. The summed E-state index contributed by atoms with van der Waals surface area (Å²) in [7, 11) is 2.94. The summed E-state index contributed by atoms with van der Waals surface area (Å²) in [6, 6.07) is 7.34. The van der Waals surface area contributed by atoms with Gasteiger partial charge in [0.15, 0.2) is 5.41 Å². The number of pyridine rings is 1. The van der Waals surface area contributed by atoms with Crippen LogP contribution in [0.25, 0.3) is 10.9 Å². The molecule has 3 aliphatic rings. The van der Waals surface area contributed by atoms with E-state index in [-0.39, 0.29) is 12.5 Å². The third-order valence-corrected chi connectivity index (χ3v) is 6.79. The van der Waals surface area contributed by atoms with Crippen molar-refractivity contribution in [1.82, 2.24) is 14.8 Å². The van der Waals surface area contributed by atoms with E-state index in [1.807, 2.05) is 19.1 Å². The number of imide groups is 2. The molecule has 1 aromatic heterocycles. The Bertz CT molecular complexity index is 1060. The maximum absolute atomic E-state index is 13.5. The van der Waals surface area contributed by atoms with Crippen LogP contribution in [0.15, 0.2) is 24.3 Å². The van der Waals surface area contributed by atoms with E-state index in [1.54, 1.807) is 0 Å². The van der Waals surface area contributed by atoms with Crippen LogP contribution >= 0.6 is 0 Å². The lowest BCUT2D eigenvalue weighted by molar-refractivity contribution is -0.159. The van der Waals surface area contributed by atoms with E-state index >= 15 is 0 Å². The van der Waals surface area contributed by atoms with Crippen molar-refractivity contribution in [3.05, 3.63) is 35.4 Å². The van der Waals surface area contributed by atoms with Gasteiger partial charge < -0.3 is 4.90 Å². The minimum Gasteiger partial charge on any atom is -0.352 e.